The van der Waals surface area contributed by atoms with Crippen LogP contribution in [0.5, 0.6) is 0 Å². The topological polar surface area (TPSA) is 123 Å². The van der Waals surface area contributed by atoms with Gasteiger partial charge in [0.05, 0.1) is 39.8 Å². The van der Waals surface area contributed by atoms with Crippen molar-refractivity contribution in [1.82, 2.24) is 24.5 Å². The number of aromatic nitrogens is 5. The number of benzene rings is 2. The first-order valence-electron chi connectivity index (χ1n) is 11.2. The summed E-state index contributed by atoms with van der Waals surface area (Å²) < 4.78 is 42.8. The molecule has 2 atom stereocenters. The van der Waals surface area contributed by atoms with Crippen molar-refractivity contribution in [2.75, 3.05) is 17.2 Å². The van der Waals surface area contributed by atoms with Gasteiger partial charge in [-0.25, -0.2) is 15.0 Å². The molecule has 0 amide bonds. The highest BCUT2D eigenvalue weighted by Crippen LogP contribution is 2.40. The van der Waals surface area contributed by atoms with Crippen molar-refractivity contribution in [3.8, 4) is 5.69 Å². The number of β-amino-alcohol motifs (C(OH)–C–C–N with tert-alkyl or cyclic N) is 1. The number of anilines is 2. The Morgan fingerprint density at radius 1 is 1.05 bits per heavy atom. The number of aliphatic hydroxyl groups excluding tert-OH is 1. The van der Waals surface area contributed by atoms with E-state index in [-0.39, 0.29) is 30.3 Å². The molecule has 5 aromatic rings. The van der Waals surface area contributed by atoms with Crippen LogP contribution in [0.25, 0.3) is 26.9 Å². The third-order valence-corrected chi connectivity index (χ3v) is 7.01. The fraction of sp³-hybridized carbons (Fsp3) is 0.208. The summed E-state index contributed by atoms with van der Waals surface area (Å²) in [4.78, 5) is 33.6. The number of nitrogens with zero attached hydrogens (tertiary/aromatic N) is 6. The van der Waals surface area contributed by atoms with Crippen molar-refractivity contribution in [1.29, 1.82) is 0 Å². The number of nitrogen functional groups attached to an aromatic ring is 1. The smallest absolute Gasteiger partial charge is 0.391 e. The van der Waals surface area contributed by atoms with Crippen molar-refractivity contribution in [2.45, 2.75) is 24.7 Å². The van der Waals surface area contributed by atoms with Crippen LogP contribution in [-0.4, -0.2) is 42.3 Å². The van der Waals surface area contributed by atoms with Crippen molar-refractivity contribution < 1.29 is 18.3 Å². The van der Waals surface area contributed by atoms with Crippen LogP contribution in [0.2, 0.25) is 0 Å². The second-order valence-electron chi connectivity index (χ2n) is 8.61. The van der Waals surface area contributed by atoms with Crippen molar-refractivity contribution in [3.63, 3.8) is 0 Å². The van der Waals surface area contributed by atoms with Gasteiger partial charge in [0.2, 0.25) is 5.95 Å². The molecule has 9 nitrogen and oxygen atoms in total. The minimum absolute atomic E-state index is 0.00799. The minimum Gasteiger partial charge on any atom is -0.391 e. The summed E-state index contributed by atoms with van der Waals surface area (Å²) in [5.74, 6) is 0.525. The first-order valence-corrected chi connectivity index (χ1v) is 12.1. The first-order chi connectivity index (χ1) is 17.7. The molecule has 0 spiro atoms. The maximum absolute atomic E-state index is 13.9. The lowest BCUT2D eigenvalue weighted by molar-refractivity contribution is -0.136. The molecule has 37 heavy (non-hydrogen) atoms. The Morgan fingerprint density at radius 2 is 1.84 bits per heavy atom. The fourth-order valence-corrected chi connectivity index (χ4v) is 5.45. The maximum Gasteiger partial charge on any atom is 0.417 e. The number of fused-ring (bicyclic) bond motifs is 2. The number of halogens is 3. The molecule has 0 unspecified atom stereocenters. The van der Waals surface area contributed by atoms with Crippen LogP contribution in [0.15, 0.2) is 58.8 Å². The number of nitrogens with two attached hydrogens (primary N) is 1. The molecule has 6 rings (SSSR count). The number of hydrogen-bond donors (Lipinski definition) is 2. The van der Waals surface area contributed by atoms with E-state index in [1.54, 1.807) is 40.7 Å². The summed E-state index contributed by atoms with van der Waals surface area (Å²) in [6.45, 7) is 0.124. The lowest BCUT2D eigenvalue weighted by Crippen LogP contribution is -2.33. The molecular formula is C24H18F3N7O2S. The molecule has 4 heterocycles. The van der Waals surface area contributed by atoms with E-state index >= 15 is 0 Å². The molecule has 1 aliphatic rings. The van der Waals surface area contributed by atoms with Gasteiger partial charge in [-0.1, -0.05) is 24.3 Å². The van der Waals surface area contributed by atoms with Crippen LogP contribution in [0, 0.1) is 0 Å². The van der Waals surface area contributed by atoms with Crippen LogP contribution < -0.4 is 16.2 Å². The summed E-state index contributed by atoms with van der Waals surface area (Å²) >= 11 is 1.27. The van der Waals surface area contributed by atoms with Crippen molar-refractivity contribution >= 4 is 44.4 Å². The number of thiazole rings is 1. The zero-order valence-electron chi connectivity index (χ0n) is 18.9. The van der Waals surface area contributed by atoms with E-state index in [0.717, 1.165) is 6.07 Å². The predicted octanol–water partition coefficient (Wildman–Crippen LogP) is 3.70. The third-order valence-electron chi connectivity index (χ3n) is 6.29. The standard InChI is InChI=1S/C24H18F3N7O2S/c25-24(26,27)14-7-4-8-15-17(14)22(36)34(12-5-2-1-3-6-12)19(30-15)16-9-13(35)10-33(16)20-18-21(37-11-29-18)32-23(28)31-20/h1-8,11,13,16,35H,9-10H2,(H2,28,31,32)/t13-,16-/m0/s1. The van der Waals surface area contributed by atoms with Crippen LogP contribution in [0.1, 0.15) is 23.9 Å². The van der Waals surface area contributed by atoms with Gasteiger partial charge in [-0.2, -0.15) is 18.2 Å². The van der Waals surface area contributed by atoms with E-state index in [4.69, 9.17) is 5.73 Å². The SMILES string of the molecule is Nc1nc(N2C[C@@H](O)C[C@H]2c2nc3cccc(C(F)(F)F)c3c(=O)n2-c2ccccc2)c2ncsc2n1. The van der Waals surface area contributed by atoms with Crippen LogP contribution in [-0.2, 0) is 6.18 Å². The monoisotopic (exact) mass is 525 g/mol. The number of para-hydroxylation sites is 1. The molecule has 0 aliphatic carbocycles. The average molecular weight is 526 g/mol. The molecule has 0 bridgehead atoms. The van der Waals surface area contributed by atoms with E-state index in [2.05, 4.69) is 19.9 Å². The van der Waals surface area contributed by atoms with E-state index < -0.39 is 34.8 Å². The highest BCUT2D eigenvalue weighted by molar-refractivity contribution is 7.16. The van der Waals surface area contributed by atoms with Crippen LogP contribution in [0.3, 0.4) is 0 Å². The molecule has 3 N–H and O–H groups in total. The molecule has 188 valence electrons. The molecule has 0 saturated carbocycles. The lowest BCUT2D eigenvalue weighted by Gasteiger charge is -2.27. The van der Waals surface area contributed by atoms with Gasteiger partial charge in [0.25, 0.3) is 5.56 Å². The van der Waals surface area contributed by atoms with E-state index in [1.807, 2.05) is 0 Å². The second-order valence-corrected chi connectivity index (χ2v) is 9.45. The van der Waals surface area contributed by atoms with E-state index in [1.165, 1.54) is 28.0 Å². The highest BCUT2D eigenvalue weighted by atomic mass is 32.1. The minimum atomic E-state index is -4.75. The van der Waals surface area contributed by atoms with Gasteiger partial charge in [-0.15, -0.1) is 11.3 Å². The Kier molecular flexibility index (Phi) is 5.35. The predicted molar refractivity (Wildman–Crippen MR) is 133 cm³/mol. The zero-order chi connectivity index (χ0) is 25.9. The Hall–Kier alpha value is -4.10. The normalized spacial score (nSPS) is 18.2. The molecule has 13 heteroatoms. The van der Waals surface area contributed by atoms with Gasteiger partial charge in [0.15, 0.2) is 10.6 Å². The molecule has 2 aromatic carbocycles. The van der Waals surface area contributed by atoms with Gasteiger partial charge in [0.1, 0.15) is 11.3 Å². The molecule has 0 radical (unpaired) electrons. The maximum atomic E-state index is 13.9. The average Bonchev–Trinajstić information content (AvgIpc) is 3.49. The van der Waals surface area contributed by atoms with Gasteiger partial charge in [-0.05, 0) is 24.3 Å². The van der Waals surface area contributed by atoms with Gasteiger partial charge < -0.3 is 15.7 Å². The van der Waals surface area contributed by atoms with Gasteiger partial charge >= 0.3 is 6.18 Å². The summed E-state index contributed by atoms with van der Waals surface area (Å²) in [7, 11) is 0. The Balaban J connectivity index is 1.65. The van der Waals surface area contributed by atoms with Gasteiger partial charge in [-0.3, -0.25) is 9.36 Å². The largest absolute Gasteiger partial charge is 0.417 e. The highest BCUT2D eigenvalue weighted by Gasteiger charge is 2.39. The molecule has 3 aromatic heterocycles. The molecule has 1 fully saturated rings. The summed E-state index contributed by atoms with van der Waals surface area (Å²) in [6.07, 6.45) is -5.42. The quantitative estimate of drug-likeness (QED) is 0.366. The number of alkyl halides is 3. The first kappa shape index (κ1) is 23.3. The lowest BCUT2D eigenvalue weighted by atomic mass is 10.1. The Bertz CT molecular complexity index is 1700. The van der Waals surface area contributed by atoms with E-state index in [9.17, 15) is 23.1 Å². The second kappa shape index (κ2) is 8.49. The third kappa shape index (κ3) is 3.86. The molecular weight excluding hydrogens is 507 g/mol. The van der Waals surface area contributed by atoms with Crippen molar-refractivity contribution in [3.05, 3.63) is 75.8 Å². The Labute approximate surface area is 210 Å². The van der Waals surface area contributed by atoms with E-state index in [0.29, 0.717) is 21.9 Å². The summed E-state index contributed by atoms with van der Waals surface area (Å²) in [6, 6.07) is 11.1. The number of hydrogen-bond acceptors (Lipinski definition) is 9. The molecule has 1 aliphatic heterocycles. The van der Waals surface area contributed by atoms with Crippen LogP contribution in [0.4, 0.5) is 24.9 Å². The Morgan fingerprint density at radius 3 is 2.59 bits per heavy atom. The summed E-state index contributed by atoms with van der Waals surface area (Å²) in [5, 5.41) is 10.2. The summed E-state index contributed by atoms with van der Waals surface area (Å²) in [5.41, 5.74) is 6.33. The fourth-order valence-electron chi connectivity index (χ4n) is 4.79. The van der Waals surface area contributed by atoms with Crippen molar-refractivity contribution in [2.24, 2.45) is 0 Å². The number of aliphatic hydroxyl groups is 1. The van der Waals surface area contributed by atoms with Gasteiger partial charge in [0, 0.05) is 13.0 Å². The van der Waals surface area contributed by atoms with Crippen LogP contribution >= 0.6 is 11.3 Å². The number of rotatable bonds is 3. The zero-order valence-corrected chi connectivity index (χ0v) is 19.7. The molecule has 1 saturated heterocycles.